The minimum absolute atomic E-state index is 0.732. The summed E-state index contributed by atoms with van der Waals surface area (Å²) in [4.78, 5) is 0. The van der Waals surface area contributed by atoms with Crippen LogP contribution in [0.3, 0.4) is 0 Å². The molecule has 0 unspecified atom stereocenters. The zero-order valence-corrected chi connectivity index (χ0v) is 11.5. The standard InChI is InChI=1S/C15H25N3/c1-18-15(13-7-9-16-10-8-13)14(11-17-18)12-5-3-2-4-6-12/h11-13,16H,2-10H2,1H3. The van der Waals surface area contributed by atoms with E-state index in [2.05, 4.69) is 28.3 Å². The molecule has 0 bridgehead atoms. The molecule has 3 heteroatoms. The van der Waals surface area contributed by atoms with Crippen molar-refractivity contribution in [2.45, 2.75) is 56.8 Å². The molecule has 18 heavy (non-hydrogen) atoms. The lowest BCUT2D eigenvalue weighted by Gasteiger charge is -2.27. The maximum absolute atomic E-state index is 4.56. The number of aryl methyl sites for hydroxylation is 1. The van der Waals surface area contributed by atoms with Crippen molar-refractivity contribution in [1.82, 2.24) is 15.1 Å². The zero-order chi connectivity index (χ0) is 12.4. The highest BCUT2D eigenvalue weighted by molar-refractivity contribution is 5.27. The van der Waals surface area contributed by atoms with E-state index in [4.69, 9.17) is 0 Å². The zero-order valence-electron chi connectivity index (χ0n) is 11.5. The molecule has 1 aromatic heterocycles. The van der Waals surface area contributed by atoms with Crippen molar-refractivity contribution in [3.8, 4) is 0 Å². The lowest BCUT2D eigenvalue weighted by atomic mass is 9.81. The van der Waals surface area contributed by atoms with Gasteiger partial charge in [0.15, 0.2) is 0 Å². The molecule has 0 amide bonds. The quantitative estimate of drug-likeness (QED) is 0.871. The third kappa shape index (κ3) is 2.33. The Kier molecular flexibility index (Phi) is 3.69. The third-order valence-corrected chi connectivity index (χ3v) is 4.79. The molecule has 2 aliphatic rings. The molecule has 3 nitrogen and oxygen atoms in total. The van der Waals surface area contributed by atoms with E-state index in [0.717, 1.165) is 11.8 Å². The first kappa shape index (κ1) is 12.2. The molecular weight excluding hydrogens is 222 g/mol. The van der Waals surface area contributed by atoms with E-state index in [-0.39, 0.29) is 0 Å². The third-order valence-electron chi connectivity index (χ3n) is 4.79. The van der Waals surface area contributed by atoms with Crippen molar-refractivity contribution < 1.29 is 0 Å². The van der Waals surface area contributed by atoms with E-state index >= 15 is 0 Å². The number of nitrogens with zero attached hydrogens (tertiary/aromatic N) is 2. The summed E-state index contributed by atoms with van der Waals surface area (Å²) in [7, 11) is 2.13. The highest BCUT2D eigenvalue weighted by Crippen LogP contribution is 2.38. The number of rotatable bonds is 2. The fraction of sp³-hybridized carbons (Fsp3) is 0.800. The summed E-state index contributed by atoms with van der Waals surface area (Å²) < 4.78 is 2.15. The molecule has 0 aromatic carbocycles. The Bertz CT molecular complexity index is 384. The Morgan fingerprint density at radius 1 is 1.06 bits per heavy atom. The molecule has 1 saturated carbocycles. The van der Waals surface area contributed by atoms with Gasteiger partial charge in [-0.1, -0.05) is 19.3 Å². The highest BCUT2D eigenvalue weighted by atomic mass is 15.3. The van der Waals surface area contributed by atoms with E-state index in [1.54, 1.807) is 11.3 Å². The second kappa shape index (κ2) is 5.43. The van der Waals surface area contributed by atoms with Gasteiger partial charge in [0.1, 0.15) is 0 Å². The predicted molar refractivity (Wildman–Crippen MR) is 73.9 cm³/mol. The van der Waals surface area contributed by atoms with Crippen LogP contribution in [0.4, 0.5) is 0 Å². The fourth-order valence-corrected chi connectivity index (χ4v) is 3.79. The van der Waals surface area contributed by atoms with Crippen LogP contribution < -0.4 is 5.32 Å². The Morgan fingerprint density at radius 3 is 2.50 bits per heavy atom. The van der Waals surface area contributed by atoms with Crippen molar-refractivity contribution in [2.75, 3.05) is 13.1 Å². The second-order valence-electron chi connectivity index (χ2n) is 5.97. The first-order valence-corrected chi connectivity index (χ1v) is 7.59. The molecule has 1 N–H and O–H groups in total. The van der Waals surface area contributed by atoms with Crippen molar-refractivity contribution in [3.05, 3.63) is 17.5 Å². The van der Waals surface area contributed by atoms with Crippen LogP contribution >= 0.6 is 0 Å². The van der Waals surface area contributed by atoms with E-state index in [1.165, 1.54) is 58.0 Å². The summed E-state index contributed by atoms with van der Waals surface area (Å²) in [6.07, 6.45) is 11.7. The first-order chi connectivity index (χ1) is 8.86. The van der Waals surface area contributed by atoms with E-state index in [1.807, 2.05) is 0 Å². The average Bonchev–Trinajstić information content (AvgIpc) is 2.83. The Morgan fingerprint density at radius 2 is 1.78 bits per heavy atom. The Hall–Kier alpha value is -0.830. The second-order valence-corrected chi connectivity index (χ2v) is 5.97. The van der Waals surface area contributed by atoms with Crippen LogP contribution in [0.2, 0.25) is 0 Å². The van der Waals surface area contributed by atoms with Gasteiger partial charge < -0.3 is 5.32 Å². The molecule has 1 aromatic rings. The molecule has 100 valence electrons. The maximum Gasteiger partial charge on any atom is 0.0527 e. The number of hydrogen-bond acceptors (Lipinski definition) is 2. The molecule has 1 aliphatic carbocycles. The van der Waals surface area contributed by atoms with E-state index in [0.29, 0.717) is 0 Å². The van der Waals surface area contributed by atoms with Crippen molar-refractivity contribution >= 4 is 0 Å². The largest absolute Gasteiger partial charge is 0.317 e. The summed E-state index contributed by atoms with van der Waals surface area (Å²) >= 11 is 0. The van der Waals surface area contributed by atoms with Gasteiger partial charge in [0.05, 0.1) is 6.20 Å². The summed E-state index contributed by atoms with van der Waals surface area (Å²) in [5, 5.41) is 8.03. The number of piperidine rings is 1. The number of aromatic nitrogens is 2. The van der Waals surface area contributed by atoms with Gasteiger partial charge in [-0.3, -0.25) is 4.68 Å². The fourth-order valence-electron chi connectivity index (χ4n) is 3.79. The molecule has 1 saturated heterocycles. The summed E-state index contributed by atoms with van der Waals surface area (Å²) in [5.74, 6) is 1.52. The normalized spacial score (nSPS) is 23.4. The van der Waals surface area contributed by atoms with Crippen LogP contribution in [-0.2, 0) is 7.05 Å². The van der Waals surface area contributed by atoms with Crippen LogP contribution in [0, 0.1) is 0 Å². The van der Waals surface area contributed by atoms with Crippen molar-refractivity contribution in [1.29, 1.82) is 0 Å². The van der Waals surface area contributed by atoms with Crippen molar-refractivity contribution in [3.63, 3.8) is 0 Å². The summed E-state index contributed by atoms with van der Waals surface area (Å²) in [6.45, 7) is 2.33. The summed E-state index contributed by atoms with van der Waals surface area (Å²) in [5.41, 5.74) is 3.12. The average molecular weight is 247 g/mol. The van der Waals surface area contributed by atoms with Gasteiger partial charge in [-0.05, 0) is 50.3 Å². The monoisotopic (exact) mass is 247 g/mol. The van der Waals surface area contributed by atoms with E-state index < -0.39 is 0 Å². The molecule has 1 aliphatic heterocycles. The first-order valence-electron chi connectivity index (χ1n) is 7.59. The van der Waals surface area contributed by atoms with Gasteiger partial charge in [-0.15, -0.1) is 0 Å². The SMILES string of the molecule is Cn1ncc(C2CCCCC2)c1C1CCNCC1. The predicted octanol–water partition coefficient (Wildman–Crippen LogP) is 2.93. The highest BCUT2D eigenvalue weighted by Gasteiger charge is 2.26. The molecule has 2 heterocycles. The van der Waals surface area contributed by atoms with Crippen LogP contribution in [0.1, 0.15) is 68.0 Å². The van der Waals surface area contributed by atoms with Gasteiger partial charge in [0.2, 0.25) is 0 Å². The molecular formula is C15H25N3. The lowest BCUT2D eigenvalue weighted by Crippen LogP contribution is -2.28. The van der Waals surface area contributed by atoms with Crippen molar-refractivity contribution in [2.24, 2.45) is 7.05 Å². The topological polar surface area (TPSA) is 29.9 Å². The lowest BCUT2D eigenvalue weighted by molar-refractivity contribution is 0.415. The van der Waals surface area contributed by atoms with Gasteiger partial charge in [-0.25, -0.2) is 0 Å². The Labute approximate surface area is 110 Å². The molecule has 0 spiro atoms. The Balaban J connectivity index is 1.85. The minimum atomic E-state index is 0.732. The molecule has 2 fully saturated rings. The molecule has 0 atom stereocenters. The summed E-state index contributed by atoms with van der Waals surface area (Å²) in [6, 6.07) is 0. The van der Waals surface area contributed by atoms with Crippen LogP contribution in [0.25, 0.3) is 0 Å². The number of hydrogen-bond donors (Lipinski definition) is 1. The van der Waals surface area contributed by atoms with Crippen LogP contribution in [0.5, 0.6) is 0 Å². The number of nitrogens with one attached hydrogen (secondary N) is 1. The van der Waals surface area contributed by atoms with Crippen LogP contribution in [-0.4, -0.2) is 22.9 Å². The van der Waals surface area contributed by atoms with Gasteiger partial charge in [0, 0.05) is 18.7 Å². The molecule has 0 radical (unpaired) electrons. The maximum atomic E-state index is 4.56. The van der Waals surface area contributed by atoms with Gasteiger partial charge in [-0.2, -0.15) is 5.10 Å². The smallest absolute Gasteiger partial charge is 0.0527 e. The molecule has 3 rings (SSSR count). The van der Waals surface area contributed by atoms with Gasteiger partial charge >= 0.3 is 0 Å². The van der Waals surface area contributed by atoms with Gasteiger partial charge in [0.25, 0.3) is 0 Å². The van der Waals surface area contributed by atoms with E-state index in [9.17, 15) is 0 Å². The minimum Gasteiger partial charge on any atom is -0.317 e. The van der Waals surface area contributed by atoms with Crippen LogP contribution in [0.15, 0.2) is 6.20 Å².